The summed E-state index contributed by atoms with van der Waals surface area (Å²) in [6.07, 6.45) is 1.66. The number of aromatic amines is 1. The molecule has 1 aromatic heterocycles. The molecule has 1 atom stereocenters. The van der Waals surface area contributed by atoms with Gasteiger partial charge in [0.2, 0.25) is 0 Å². The standard InChI is InChI=1S/C5H9N5O/c1-4(11)2-3-6-5-7-9-10-8-5/h3-4,11H,2H2,1H3,(H,7,8,9,10)/b6-3+. The Labute approximate surface area is 63.4 Å². The van der Waals surface area contributed by atoms with Crippen molar-refractivity contribution in [1.82, 2.24) is 20.6 Å². The minimum atomic E-state index is -0.384. The Morgan fingerprint density at radius 1 is 1.82 bits per heavy atom. The first kappa shape index (κ1) is 7.80. The first-order valence-electron chi connectivity index (χ1n) is 3.23. The molecule has 0 spiro atoms. The van der Waals surface area contributed by atoms with Gasteiger partial charge >= 0.3 is 0 Å². The average Bonchev–Trinajstić information content (AvgIpc) is 2.39. The number of nitrogens with zero attached hydrogens (tertiary/aromatic N) is 4. The Kier molecular flexibility index (Phi) is 2.67. The summed E-state index contributed by atoms with van der Waals surface area (Å²) in [5.74, 6) is 0.283. The monoisotopic (exact) mass is 155 g/mol. The van der Waals surface area contributed by atoms with Crippen LogP contribution in [-0.4, -0.2) is 38.0 Å². The SMILES string of the molecule is CC(O)C/C=N/c1nn[nH]n1. The lowest BCUT2D eigenvalue weighted by atomic mass is 10.3. The zero-order valence-corrected chi connectivity index (χ0v) is 6.10. The average molecular weight is 155 g/mol. The Morgan fingerprint density at radius 3 is 3.18 bits per heavy atom. The fourth-order valence-electron chi connectivity index (χ4n) is 0.498. The summed E-state index contributed by atoms with van der Waals surface area (Å²) < 4.78 is 0. The molecule has 0 amide bonds. The number of rotatable bonds is 3. The molecule has 0 aliphatic rings. The van der Waals surface area contributed by atoms with Crippen LogP contribution in [0.15, 0.2) is 4.99 Å². The number of aliphatic hydroxyl groups is 1. The molecule has 0 aliphatic carbocycles. The van der Waals surface area contributed by atoms with E-state index in [-0.39, 0.29) is 12.1 Å². The predicted molar refractivity (Wildman–Crippen MR) is 38.6 cm³/mol. The van der Waals surface area contributed by atoms with Gasteiger partial charge in [0, 0.05) is 12.6 Å². The summed E-state index contributed by atoms with van der Waals surface area (Å²) in [5.41, 5.74) is 0. The first-order chi connectivity index (χ1) is 5.29. The van der Waals surface area contributed by atoms with E-state index in [4.69, 9.17) is 5.11 Å². The Bertz CT molecular complexity index is 217. The molecule has 0 bridgehead atoms. The Balaban J connectivity index is 2.37. The van der Waals surface area contributed by atoms with E-state index in [0.29, 0.717) is 6.42 Å². The van der Waals surface area contributed by atoms with E-state index in [1.165, 1.54) is 0 Å². The molecule has 1 rings (SSSR count). The lowest BCUT2D eigenvalue weighted by molar-refractivity contribution is 0.204. The summed E-state index contributed by atoms with van der Waals surface area (Å²) in [6, 6.07) is 0. The van der Waals surface area contributed by atoms with Gasteiger partial charge in [-0.05, 0) is 12.1 Å². The second-order valence-corrected chi connectivity index (χ2v) is 2.11. The highest BCUT2D eigenvalue weighted by molar-refractivity contribution is 5.60. The zero-order valence-electron chi connectivity index (χ0n) is 6.10. The number of H-pyrrole nitrogens is 1. The van der Waals surface area contributed by atoms with Crippen molar-refractivity contribution in [2.45, 2.75) is 19.4 Å². The highest BCUT2D eigenvalue weighted by atomic mass is 16.3. The highest BCUT2D eigenvalue weighted by Crippen LogP contribution is 1.95. The van der Waals surface area contributed by atoms with Crippen LogP contribution in [-0.2, 0) is 0 Å². The fourth-order valence-corrected chi connectivity index (χ4v) is 0.498. The topological polar surface area (TPSA) is 87.0 Å². The molecule has 11 heavy (non-hydrogen) atoms. The van der Waals surface area contributed by atoms with Gasteiger partial charge in [0.05, 0.1) is 6.10 Å². The smallest absolute Gasteiger partial charge is 0.288 e. The van der Waals surface area contributed by atoms with E-state index >= 15 is 0 Å². The molecule has 0 saturated carbocycles. The number of aliphatic imine (C=N–C) groups is 1. The molecular formula is C5H9N5O. The molecule has 6 heteroatoms. The van der Waals surface area contributed by atoms with E-state index in [0.717, 1.165) is 0 Å². The summed E-state index contributed by atoms with van der Waals surface area (Å²) in [5, 5.41) is 21.6. The van der Waals surface area contributed by atoms with Crippen LogP contribution >= 0.6 is 0 Å². The van der Waals surface area contributed by atoms with Crippen LogP contribution in [0.25, 0.3) is 0 Å². The van der Waals surface area contributed by atoms with Gasteiger partial charge in [-0.15, -0.1) is 5.10 Å². The summed E-state index contributed by atoms with van der Waals surface area (Å²) in [7, 11) is 0. The molecule has 6 nitrogen and oxygen atoms in total. The molecular weight excluding hydrogens is 146 g/mol. The first-order valence-corrected chi connectivity index (χ1v) is 3.23. The van der Waals surface area contributed by atoms with Gasteiger partial charge in [0.15, 0.2) is 0 Å². The van der Waals surface area contributed by atoms with Crippen molar-refractivity contribution < 1.29 is 5.11 Å². The van der Waals surface area contributed by atoms with Crippen LogP contribution in [0.3, 0.4) is 0 Å². The highest BCUT2D eigenvalue weighted by Gasteiger charge is 1.92. The number of tetrazole rings is 1. The molecule has 1 aromatic rings. The van der Waals surface area contributed by atoms with Gasteiger partial charge < -0.3 is 5.11 Å². The molecule has 1 heterocycles. The minimum Gasteiger partial charge on any atom is -0.393 e. The van der Waals surface area contributed by atoms with Crippen LogP contribution < -0.4 is 0 Å². The van der Waals surface area contributed by atoms with Crippen molar-refractivity contribution in [3.8, 4) is 0 Å². The number of hydrogen-bond donors (Lipinski definition) is 2. The van der Waals surface area contributed by atoms with E-state index in [1.807, 2.05) is 0 Å². The third-order valence-electron chi connectivity index (χ3n) is 0.987. The fraction of sp³-hybridized carbons (Fsp3) is 0.600. The van der Waals surface area contributed by atoms with Crippen LogP contribution in [0.1, 0.15) is 13.3 Å². The van der Waals surface area contributed by atoms with E-state index in [2.05, 4.69) is 25.6 Å². The van der Waals surface area contributed by atoms with Crippen molar-refractivity contribution in [2.75, 3.05) is 0 Å². The third kappa shape index (κ3) is 2.85. The zero-order chi connectivity index (χ0) is 8.10. The van der Waals surface area contributed by atoms with Gasteiger partial charge in [-0.3, -0.25) is 0 Å². The molecule has 60 valence electrons. The lowest BCUT2D eigenvalue weighted by Crippen LogP contribution is -1.98. The lowest BCUT2D eigenvalue weighted by Gasteiger charge is -1.93. The number of hydrogen-bond acceptors (Lipinski definition) is 5. The Morgan fingerprint density at radius 2 is 2.64 bits per heavy atom. The van der Waals surface area contributed by atoms with E-state index < -0.39 is 0 Å². The quantitative estimate of drug-likeness (QED) is 0.585. The normalized spacial score (nSPS) is 14.0. The predicted octanol–water partition coefficient (Wildman–Crippen LogP) is -0.327. The van der Waals surface area contributed by atoms with Crippen LogP contribution in [0.5, 0.6) is 0 Å². The molecule has 0 saturated heterocycles. The maximum absolute atomic E-state index is 8.83. The minimum absolute atomic E-state index is 0.283. The van der Waals surface area contributed by atoms with Gasteiger partial charge in [-0.25, -0.2) is 4.99 Å². The van der Waals surface area contributed by atoms with E-state index in [1.54, 1.807) is 13.1 Å². The Hall–Kier alpha value is -1.30. The van der Waals surface area contributed by atoms with Crippen molar-refractivity contribution in [2.24, 2.45) is 4.99 Å². The van der Waals surface area contributed by atoms with Gasteiger partial charge in [-0.1, -0.05) is 5.10 Å². The summed E-state index contributed by atoms with van der Waals surface area (Å²) >= 11 is 0. The number of nitrogens with one attached hydrogen (secondary N) is 1. The van der Waals surface area contributed by atoms with Gasteiger partial charge in [-0.2, -0.15) is 5.21 Å². The third-order valence-corrected chi connectivity index (χ3v) is 0.987. The largest absolute Gasteiger partial charge is 0.393 e. The van der Waals surface area contributed by atoms with Crippen molar-refractivity contribution in [3.05, 3.63) is 0 Å². The molecule has 2 N–H and O–H groups in total. The second kappa shape index (κ2) is 3.77. The van der Waals surface area contributed by atoms with Crippen molar-refractivity contribution in [1.29, 1.82) is 0 Å². The molecule has 0 fully saturated rings. The van der Waals surface area contributed by atoms with E-state index in [9.17, 15) is 0 Å². The van der Waals surface area contributed by atoms with Crippen LogP contribution in [0.2, 0.25) is 0 Å². The van der Waals surface area contributed by atoms with Gasteiger partial charge in [0.25, 0.3) is 5.95 Å². The van der Waals surface area contributed by atoms with Crippen LogP contribution in [0.4, 0.5) is 5.95 Å². The molecule has 0 radical (unpaired) electrons. The summed E-state index contributed by atoms with van der Waals surface area (Å²) in [4.78, 5) is 3.81. The molecule has 0 aromatic carbocycles. The maximum atomic E-state index is 8.83. The van der Waals surface area contributed by atoms with Crippen LogP contribution in [0, 0.1) is 0 Å². The maximum Gasteiger partial charge on any atom is 0.288 e. The van der Waals surface area contributed by atoms with Crippen molar-refractivity contribution >= 4 is 12.2 Å². The van der Waals surface area contributed by atoms with Gasteiger partial charge in [0.1, 0.15) is 0 Å². The molecule has 0 aliphatic heterocycles. The number of aromatic nitrogens is 4. The molecule has 1 unspecified atom stereocenters. The number of aliphatic hydroxyl groups excluding tert-OH is 1. The summed E-state index contributed by atoms with van der Waals surface area (Å²) in [6.45, 7) is 1.68. The second-order valence-electron chi connectivity index (χ2n) is 2.11. The van der Waals surface area contributed by atoms with Crippen molar-refractivity contribution in [3.63, 3.8) is 0 Å².